The highest BCUT2D eigenvalue weighted by atomic mass is 35.5. The minimum atomic E-state index is -4.69. The second-order valence-electron chi connectivity index (χ2n) is 15.8. The van der Waals surface area contributed by atoms with E-state index in [4.69, 9.17) is 32.7 Å². The van der Waals surface area contributed by atoms with Crippen molar-refractivity contribution in [2.75, 3.05) is 13.2 Å². The van der Waals surface area contributed by atoms with Crippen LogP contribution in [0.15, 0.2) is 72.8 Å². The lowest BCUT2D eigenvalue weighted by molar-refractivity contribution is -0.154. The van der Waals surface area contributed by atoms with Crippen LogP contribution in [0.3, 0.4) is 0 Å². The molecule has 0 spiro atoms. The Kier molecular flexibility index (Phi) is 16.7. The summed E-state index contributed by atoms with van der Waals surface area (Å²) in [6, 6.07) is 16.6. The number of carboxylic acids is 2. The van der Waals surface area contributed by atoms with Gasteiger partial charge in [0.25, 0.3) is 0 Å². The van der Waals surface area contributed by atoms with Crippen LogP contribution in [0.2, 0.25) is 10.0 Å². The molecule has 0 bridgehead atoms. The maximum absolute atomic E-state index is 12.8. The molecule has 0 heterocycles. The van der Waals surface area contributed by atoms with Crippen molar-refractivity contribution in [3.63, 3.8) is 0 Å². The molecule has 1 fully saturated rings. The van der Waals surface area contributed by atoms with Crippen LogP contribution in [0.1, 0.15) is 99.8 Å². The zero-order valence-electron chi connectivity index (χ0n) is 33.9. The van der Waals surface area contributed by atoms with E-state index in [1.165, 1.54) is 12.1 Å². The Morgan fingerprint density at radius 3 is 1.69 bits per heavy atom. The molecule has 1 saturated carbocycles. The smallest absolute Gasteiger partial charge is 0.422 e. The predicted octanol–water partition coefficient (Wildman–Crippen LogP) is 14.6. The molecule has 62 heavy (non-hydrogen) atoms. The van der Waals surface area contributed by atoms with E-state index < -0.39 is 61.1 Å². The first-order chi connectivity index (χ1) is 28.8. The minimum Gasteiger partial charge on any atom is -0.483 e. The summed E-state index contributed by atoms with van der Waals surface area (Å²) in [7, 11) is 0. The Morgan fingerprint density at radius 1 is 0.677 bits per heavy atom. The molecule has 1 aliphatic carbocycles. The van der Waals surface area contributed by atoms with Gasteiger partial charge in [0.15, 0.2) is 13.2 Å². The van der Waals surface area contributed by atoms with Gasteiger partial charge in [-0.25, -0.2) is 0 Å². The highest BCUT2D eigenvalue weighted by Gasteiger charge is 2.35. The summed E-state index contributed by atoms with van der Waals surface area (Å²) in [6.07, 6.45) is -10.1. The first kappa shape index (κ1) is 50.0. The average molecular weight is 924 g/mol. The van der Waals surface area contributed by atoms with E-state index in [9.17, 15) is 59.3 Å². The van der Waals surface area contributed by atoms with Crippen molar-refractivity contribution in [1.29, 1.82) is 0 Å². The van der Waals surface area contributed by atoms with Gasteiger partial charge in [0.1, 0.15) is 11.5 Å². The van der Waals surface area contributed by atoms with Crippen molar-refractivity contribution in [3.8, 4) is 33.8 Å². The molecule has 4 aromatic carbocycles. The summed E-state index contributed by atoms with van der Waals surface area (Å²) in [5.41, 5.74) is 1.80. The number of carbonyl (C=O) groups is 2. The number of rotatable bonds is 14. The van der Waals surface area contributed by atoms with Gasteiger partial charge in [0, 0.05) is 11.1 Å². The summed E-state index contributed by atoms with van der Waals surface area (Å²) in [6.45, 7) is 4.51. The van der Waals surface area contributed by atoms with E-state index in [-0.39, 0.29) is 56.5 Å². The molecule has 5 rings (SSSR count). The normalized spacial score (nSPS) is 14.7. The number of aliphatic carboxylic acids is 2. The molecule has 6 nitrogen and oxygen atoms in total. The first-order valence-electron chi connectivity index (χ1n) is 19.5. The Bertz CT molecular complexity index is 2140. The van der Waals surface area contributed by atoms with Crippen LogP contribution in [0.25, 0.3) is 22.3 Å². The number of hydrogen-bond acceptors (Lipinski definition) is 4. The first-order valence-corrected chi connectivity index (χ1v) is 20.3. The lowest BCUT2D eigenvalue weighted by Gasteiger charge is -2.23. The average Bonchev–Trinajstić information content (AvgIpc) is 3.69. The van der Waals surface area contributed by atoms with Crippen LogP contribution in [0.4, 0.5) is 39.5 Å². The minimum absolute atomic E-state index is 0.0195. The molecule has 2 N–H and O–H groups in total. The molecule has 2 atom stereocenters. The number of hydrogen-bond donors (Lipinski definition) is 2. The Labute approximate surface area is 363 Å². The largest absolute Gasteiger partial charge is 0.483 e. The third kappa shape index (κ3) is 13.9. The fraction of sp³-hybridized carbons (Fsp3) is 0.422. The quantitative estimate of drug-likeness (QED) is 0.122. The maximum atomic E-state index is 12.8. The van der Waals surface area contributed by atoms with Crippen molar-refractivity contribution in [2.24, 2.45) is 11.8 Å². The number of ether oxygens (including phenoxy) is 2. The number of benzene rings is 4. The number of alkyl halides is 9. The van der Waals surface area contributed by atoms with E-state index in [0.29, 0.717) is 22.6 Å². The molecule has 0 aromatic heterocycles. The van der Waals surface area contributed by atoms with Gasteiger partial charge in [-0.2, -0.15) is 39.5 Å². The molecule has 1 aliphatic rings. The van der Waals surface area contributed by atoms with Gasteiger partial charge in [0.05, 0.1) is 27.4 Å². The molecule has 4 aromatic rings. The maximum Gasteiger partial charge on any atom is 0.422 e. The lowest BCUT2D eigenvalue weighted by Crippen LogP contribution is -2.21. The Morgan fingerprint density at radius 2 is 1.21 bits per heavy atom. The van der Waals surface area contributed by atoms with Crippen molar-refractivity contribution in [3.05, 3.63) is 105 Å². The monoisotopic (exact) mass is 922 g/mol. The third-order valence-corrected chi connectivity index (χ3v) is 10.8. The molecule has 17 heteroatoms. The van der Waals surface area contributed by atoms with E-state index in [1.54, 1.807) is 32.0 Å². The van der Waals surface area contributed by atoms with Gasteiger partial charge in [-0.15, -0.1) is 0 Å². The van der Waals surface area contributed by atoms with Crippen molar-refractivity contribution >= 4 is 35.1 Å². The second-order valence-corrected chi connectivity index (χ2v) is 16.6. The summed E-state index contributed by atoms with van der Waals surface area (Å²) >= 11 is 12.6. The van der Waals surface area contributed by atoms with Gasteiger partial charge in [-0.1, -0.05) is 100 Å². The summed E-state index contributed by atoms with van der Waals surface area (Å²) in [4.78, 5) is 23.8. The molecule has 338 valence electrons. The molecular weight excluding hydrogens is 878 g/mol. The number of carboxylic acid groups (broad SMARTS) is 2. The molecule has 0 saturated heterocycles. The van der Waals surface area contributed by atoms with Crippen LogP contribution in [-0.2, 0) is 15.8 Å². The fourth-order valence-corrected chi connectivity index (χ4v) is 7.91. The van der Waals surface area contributed by atoms with Crippen LogP contribution in [0.5, 0.6) is 11.5 Å². The second kappa shape index (κ2) is 20.7. The zero-order valence-corrected chi connectivity index (χ0v) is 35.5. The molecule has 0 unspecified atom stereocenters. The lowest BCUT2D eigenvalue weighted by atomic mass is 9.83. The summed E-state index contributed by atoms with van der Waals surface area (Å²) in [5, 5.41) is 19.3. The summed E-state index contributed by atoms with van der Waals surface area (Å²) < 4.78 is 125. The fourth-order valence-electron chi connectivity index (χ4n) is 7.30. The van der Waals surface area contributed by atoms with Gasteiger partial charge < -0.3 is 19.7 Å². The Balaban J connectivity index is 0.000000273. The van der Waals surface area contributed by atoms with Crippen LogP contribution >= 0.6 is 23.2 Å². The van der Waals surface area contributed by atoms with Crippen LogP contribution in [0, 0.1) is 11.8 Å². The van der Waals surface area contributed by atoms with Gasteiger partial charge in [0.2, 0.25) is 0 Å². The number of halogens is 11. The van der Waals surface area contributed by atoms with Crippen LogP contribution < -0.4 is 9.47 Å². The van der Waals surface area contributed by atoms with E-state index in [1.807, 2.05) is 26.0 Å². The molecule has 0 radical (unpaired) electrons. The molecule has 0 amide bonds. The summed E-state index contributed by atoms with van der Waals surface area (Å²) in [5.74, 6) is -4.16. The topological polar surface area (TPSA) is 93.1 Å². The highest BCUT2D eigenvalue weighted by Crippen LogP contribution is 2.45. The van der Waals surface area contributed by atoms with Crippen molar-refractivity contribution in [2.45, 2.75) is 96.1 Å². The molecule has 0 aliphatic heterocycles. The van der Waals surface area contributed by atoms with Gasteiger partial charge in [-0.3, -0.25) is 9.59 Å². The zero-order chi connectivity index (χ0) is 46.3. The SMILES string of the molecule is CC(C)C[C@@H](C(=O)O)c1cc(Cl)c(-c2ccc(C(F)(F)F)cc2)c(OCC(F)(F)F)c1.CC(C)c1ccc(-c2cc([C@@H](C(=O)O)C3CCCC3)cc(Cl)c2OCC(F)(F)F)cc1. The predicted molar refractivity (Wildman–Crippen MR) is 218 cm³/mol. The highest BCUT2D eigenvalue weighted by molar-refractivity contribution is 6.34. The van der Waals surface area contributed by atoms with E-state index in [0.717, 1.165) is 61.6 Å². The van der Waals surface area contributed by atoms with Crippen molar-refractivity contribution in [1.82, 2.24) is 0 Å². The standard InChI is InChI=1S/C24H26ClF3O3.C21H19ClF6O3/c1-14(2)15-7-9-16(10-8-15)19-11-18(21(23(29)30)17-5-3-4-6-17)12-20(25)22(19)31-13-24(26,27)28;1-11(2)7-15(19(29)30)13-8-16(22)18(17(9-13)31-10-20(23,24)25)12-3-5-14(6-4-12)21(26,27)28/h7-12,14,17,21H,3-6,13H2,1-2H3,(H,29,30);3-6,8-9,11,15H,7,10H2,1-2H3,(H,29,30)/t21-;15-/m01/s1. The Hall–Kier alpha value is -4.63. The van der Waals surface area contributed by atoms with Gasteiger partial charge >= 0.3 is 30.5 Å². The van der Waals surface area contributed by atoms with E-state index in [2.05, 4.69) is 0 Å². The van der Waals surface area contributed by atoms with Crippen molar-refractivity contribution < 1.29 is 68.8 Å². The van der Waals surface area contributed by atoms with Crippen LogP contribution in [-0.4, -0.2) is 47.7 Å². The third-order valence-electron chi connectivity index (χ3n) is 10.2. The molecular formula is C45H45Cl2F9O6. The van der Waals surface area contributed by atoms with Gasteiger partial charge in [-0.05, 0) is 101 Å². The van der Waals surface area contributed by atoms with E-state index >= 15 is 0 Å².